The van der Waals surface area contributed by atoms with E-state index in [0.29, 0.717) is 29.0 Å². The van der Waals surface area contributed by atoms with E-state index in [-0.39, 0.29) is 16.8 Å². The second-order valence-corrected chi connectivity index (χ2v) is 10.3. The molecule has 0 radical (unpaired) electrons. The van der Waals surface area contributed by atoms with Crippen molar-refractivity contribution in [2.75, 3.05) is 18.1 Å². The monoisotopic (exact) mass is 449 g/mol. The van der Waals surface area contributed by atoms with Gasteiger partial charge in [0.25, 0.3) is 10.9 Å². The van der Waals surface area contributed by atoms with E-state index in [1.165, 1.54) is 6.20 Å². The van der Waals surface area contributed by atoms with Gasteiger partial charge in [-0.3, -0.25) is 0 Å². The van der Waals surface area contributed by atoms with E-state index in [9.17, 15) is 13.2 Å². The molecular formula is C19H19N3O6S2. The maximum absolute atomic E-state index is 12.7. The number of ether oxygens (including phenoxy) is 1. The Morgan fingerprint density at radius 2 is 2.03 bits per heavy atom. The largest absolute Gasteiger partial charge is 0.481 e. The van der Waals surface area contributed by atoms with Crippen LogP contribution in [0.15, 0.2) is 27.9 Å². The number of aliphatic carboxylic acids is 1. The van der Waals surface area contributed by atoms with E-state index in [1.807, 2.05) is 0 Å². The Morgan fingerprint density at radius 1 is 1.30 bits per heavy atom. The van der Waals surface area contributed by atoms with Crippen LogP contribution in [-0.2, 0) is 14.6 Å². The quantitative estimate of drug-likeness (QED) is 0.560. The predicted octanol–water partition coefficient (Wildman–Crippen LogP) is 2.64. The fourth-order valence-corrected chi connectivity index (χ4v) is 6.66. The third-order valence-electron chi connectivity index (χ3n) is 4.76. The first kappa shape index (κ1) is 20.6. The number of aryl methyl sites for hydroxylation is 2. The number of carbonyl (C=O) groups is 1. The van der Waals surface area contributed by atoms with Crippen molar-refractivity contribution in [2.24, 2.45) is 0 Å². The molecule has 3 heterocycles. The van der Waals surface area contributed by atoms with E-state index < -0.39 is 27.7 Å². The standard InChI is InChI=1S/C19H19N3O6S2/c1-10-5-12(6-11(2)16(10)27-8-15(23)24)17-21-14-7-20-19(22-18(14)28-17)30(25,26)13-3-4-29-9-13/h5-7,13H,3-4,8-9H2,1-2H3,(H,23,24). The van der Waals surface area contributed by atoms with E-state index in [2.05, 4.69) is 15.0 Å². The molecule has 1 unspecified atom stereocenters. The summed E-state index contributed by atoms with van der Waals surface area (Å²) in [5, 5.41) is 8.09. The number of rotatable bonds is 6. The number of oxazole rings is 1. The molecular weight excluding hydrogens is 430 g/mol. The van der Waals surface area contributed by atoms with Crippen LogP contribution in [0.25, 0.3) is 22.7 Å². The number of fused-ring (bicyclic) bond motifs is 1. The molecule has 158 valence electrons. The molecule has 0 saturated carbocycles. The number of carboxylic acids is 1. The number of aromatic nitrogens is 3. The molecule has 1 fully saturated rings. The highest BCUT2D eigenvalue weighted by Crippen LogP contribution is 2.32. The van der Waals surface area contributed by atoms with Crippen molar-refractivity contribution in [3.63, 3.8) is 0 Å². The Hall–Kier alpha value is -2.66. The Bertz CT molecular complexity index is 1210. The Balaban J connectivity index is 1.68. The molecule has 0 bridgehead atoms. The average Bonchev–Trinajstić information content (AvgIpc) is 3.36. The van der Waals surface area contributed by atoms with Gasteiger partial charge in [0.2, 0.25) is 15.7 Å². The second-order valence-electron chi connectivity index (χ2n) is 7.01. The second kappa shape index (κ2) is 7.88. The number of carboxylic acid groups (broad SMARTS) is 1. The van der Waals surface area contributed by atoms with Gasteiger partial charge in [-0.2, -0.15) is 16.7 Å². The van der Waals surface area contributed by atoms with E-state index in [4.69, 9.17) is 14.3 Å². The summed E-state index contributed by atoms with van der Waals surface area (Å²) in [5.74, 6) is 1.04. The van der Waals surface area contributed by atoms with Crippen LogP contribution in [0.2, 0.25) is 0 Å². The van der Waals surface area contributed by atoms with Crippen LogP contribution in [-0.4, -0.2) is 57.8 Å². The van der Waals surface area contributed by atoms with Crippen molar-refractivity contribution in [3.05, 3.63) is 29.5 Å². The summed E-state index contributed by atoms with van der Waals surface area (Å²) in [6.45, 7) is 3.15. The van der Waals surface area contributed by atoms with E-state index in [0.717, 1.165) is 16.9 Å². The normalized spacial score (nSPS) is 16.8. The molecule has 30 heavy (non-hydrogen) atoms. The molecule has 0 amide bonds. The fraction of sp³-hybridized carbons (Fsp3) is 0.368. The first-order valence-corrected chi connectivity index (χ1v) is 11.9. The summed E-state index contributed by atoms with van der Waals surface area (Å²) in [5.41, 5.74) is 2.54. The van der Waals surface area contributed by atoms with Crippen LogP contribution in [0.1, 0.15) is 17.5 Å². The number of thioether (sulfide) groups is 1. The van der Waals surface area contributed by atoms with Gasteiger partial charge in [0.15, 0.2) is 6.61 Å². The molecule has 1 N–H and O–H groups in total. The summed E-state index contributed by atoms with van der Waals surface area (Å²) in [4.78, 5) is 23.3. The third-order valence-corrected chi connectivity index (χ3v) is 8.12. The molecule has 1 aliphatic heterocycles. The minimum atomic E-state index is -3.61. The summed E-state index contributed by atoms with van der Waals surface area (Å²) < 4.78 is 36.5. The third kappa shape index (κ3) is 3.86. The maximum Gasteiger partial charge on any atom is 0.341 e. The lowest BCUT2D eigenvalue weighted by Crippen LogP contribution is -2.22. The summed E-state index contributed by atoms with van der Waals surface area (Å²) in [6, 6.07) is 3.52. The zero-order valence-electron chi connectivity index (χ0n) is 16.3. The highest BCUT2D eigenvalue weighted by molar-refractivity contribution is 8.01. The van der Waals surface area contributed by atoms with E-state index in [1.54, 1.807) is 37.7 Å². The van der Waals surface area contributed by atoms with Crippen LogP contribution in [0, 0.1) is 13.8 Å². The zero-order valence-corrected chi connectivity index (χ0v) is 17.9. The predicted molar refractivity (Wildman–Crippen MR) is 111 cm³/mol. The van der Waals surface area contributed by atoms with Gasteiger partial charge in [-0.05, 0) is 49.3 Å². The molecule has 0 aliphatic carbocycles. The van der Waals surface area contributed by atoms with Crippen molar-refractivity contribution in [1.82, 2.24) is 15.0 Å². The molecule has 2 aromatic heterocycles. The van der Waals surface area contributed by atoms with Crippen LogP contribution >= 0.6 is 11.8 Å². The minimum Gasteiger partial charge on any atom is -0.481 e. The van der Waals surface area contributed by atoms with Gasteiger partial charge >= 0.3 is 5.97 Å². The van der Waals surface area contributed by atoms with Crippen LogP contribution in [0.4, 0.5) is 0 Å². The number of sulfone groups is 1. The molecule has 1 atom stereocenters. The number of benzene rings is 1. The van der Waals surface area contributed by atoms with Gasteiger partial charge in [0.1, 0.15) is 11.3 Å². The van der Waals surface area contributed by atoms with Crippen LogP contribution < -0.4 is 4.74 Å². The summed E-state index contributed by atoms with van der Waals surface area (Å²) in [7, 11) is -3.61. The van der Waals surface area contributed by atoms with Gasteiger partial charge in [-0.1, -0.05) is 0 Å². The highest BCUT2D eigenvalue weighted by Gasteiger charge is 2.33. The smallest absolute Gasteiger partial charge is 0.341 e. The number of nitrogens with zero attached hydrogens (tertiary/aromatic N) is 3. The maximum atomic E-state index is 12.7. The first-order valence-electron chi connectivity index (χ1n) is 9.17. The molecule has 3 aromatic rings. The van der Waals surface area contributed by atoms with Crippen molar-refractivity contribution in [1.29, 1.82) is 0 Å². The molecule has 0 spiro atoms. The lowest BCUT2D eigenvalue weighted by Gasteiger charge is -2.11. The molecule has 1 aromatic carbocycles. The highest BCUT2D eigenvalue weighted by atomic mass is 32.2. The van der Waals surface area contributed by atoms with E-state index >= 15 is 0 Å². The minimum absolute atomic E-state index is 0.103. The first-order chi connectivity index (χ1) is 14.3. The summed E-state index contributed by atoms with van der Waals surface area (Å²) in [6.07, 6.45) is 1.94. The fourth-order valence-electron chi connectivity index (χ4n) is 3.32. The van der Waals surface area contributed by atoms with Crippen molar-refractivity contribution in [3.8, 4) is 17.2 Å². The topological polar surface area (TPSA) is 132 Å². The molecule has 11 heteroatoms. The van der Waals surface area contributed by atoms with Gasteiger partial charge in [-0.25, -0.2) is 23.2 Å². The van der Waals surface area contributed by atoms with Gasteiger partial charge in [-0.15, -0.1) is 0 Å². The number of hydrogen-bond acceptors (Lipinski definition) is 9. The van der Waals surface area contributed by atoms with Crippen molar-refractivity contribution >= 4 is 38.8 Å². The zero-order chi connectivity index (χ0) is 21.5. The molecule has 9 nitrogen and oxygen atoms in total. The SMILES string of the molecule is Cc1cc(-c2nc3cnc(S(=O)(=O)C4CCSC4)nc3o2)cc(C)c1OCC(=O)O. The lowest BCUT2D eigenvalue weighted by molar-refractivity contribution is -0.139. The Morgan fingerprint density at radius 3 is 2.67 bits per heavy atom. The molecule has 1 saturated heterocycles. The Labute approximate surface area is 176 Å². The Kier molecular flexibility index (Phi) is 5.41. The van der Waals surface area contributed by atoms with Crippen molar-refractivity contribution in [2.45, 2.75) is 30.7 Å². The van der Waals surface area contributed by atoms with Crippen LogP contribution in [0.5, 0.6) is 5.75 Å². The van der Waals surface area contributed by atoms with Crippen molar-refractivity contribution < 1.29 is 27.5 Å². The van der Waals surface area contributed by atoms with Gasteiger partial charge in [0, 0.05) is 11.3 Å². The molecule has 4 rings (SSSR count). The van der Waals surface area contributed by atoms with Crippen LogP contribution in [0.3, 0.4) is 0 Å². The lowest BCUT2D eigenvalue weighted by atomic mass is 10.1. The number of hydrogen-bond donors (Lipinski definition) is 1. The van der Waals surface area contributed by atoms with Gasteiger partial charge < -0.3 is 14.3 Å². The molecule has 1 aliphatic rings. The van der Waals surface area contributed by atoms with Gasteiger partial charge in [0.05, 0.1) is 11.4 Å². The summed E-state index contributed by atoms with van der Waals surface area (Å²) >= 11 is 1.60. The average molecular weight is 450 g/mol.